The molecule has 20 heavy (non-hydrogen) atoms. The molecule has 108 valence electrons. The van der Waals surface area contributed by atoms with Crippen molar-refractivity contribution in [2.24, 2.45) is 5.92 Å². The van der Waals surface area contributed by atoms with E-state index in [1.54, 1.807) is 0 Å². The van der Waals surface area contributed by atoms with E-state index < -0.39 is 0 Å². The third-order valence-electron chi connectivity index (χ3n) is 4.15. The highest BCUT2D eigenvalue weighted by atomic mass is 16.5. The highest BCUT2D eigenvalue weighted by molar-refractivity contribution is 5.73. The van der Waals surface area contributed by atoms with Gasteiger partial charge in [-0.05, 0) is 44.2 Å². The van der Waals surface area contributed by atoms with E-state index in [4.69, 9.17) is 4.74 Å². The van der Waals surface area contributed by atoms with Crippen molar-refractivity contribution < 1.29 is 4.74 Å². The lowest BCUT2D eigenvalue weighted by molar-refractivity contribution is 0.269. The van der Waals surface area contributed by atoms with Gasteiger partial charge in [-0.3, -0.25) is 4.57 Å². The van der Waals surface area contributed by atoms with Gasteiger partial charge in [0.25, 0.3) is 6.01 Å². The summed E-state index contributed by atoms with van der Waals surface area (Å²) in [5.41, 5.74) is 3.08. The van der Waals surface area contributed by atoms with Crippen LogP contribution in [0.1, 0.15) is 44.6 Å². The quantitative estimate of drug-likeness (QED) is 0.852. The average Bonchev–Trinajstić information content (AvgIpc) is 2.78. The van der Waals surface area contributed by atoms with E-state index in [9.17, 15) is 0 Å². The molecule has 0 unspecified atom stereocenters. The first-order valence-corrected chi connectivity index (χ1v) is 7.73. The third kappa shape index (κ3) is 2.65. The number of aryl methyl sites for hydroxylation is 1. The number of fused-ring (bicyclic) bond motifs is 1. The second-order valence-corrected chi connectivity index (χ2v) is 5.80. The molecule has 0 amide bonds. The molecule has 1 saturated carbocycles. The standard InChI is InChI=1S/C16H23N3O/c1-3-20-16-18-15-14(9-12(2)10-17-15)19(16)11-13-7-5-4-6-8-13/h9-10,13H,3-8,11H2,1-2H3. The van der Waals surface area contributed by atoms with Crippen molar-refractivity contribution in [3.63, 3.8) is 0 Å². The number of pyridine rings is 1. The van der Waals surface area contributed by atoms with E-state index in [0.717, 1.165) is 29.6 Å². The van der Waals surface area contributed by atoms with Gasteiger partial charge in [0, 0.05) is 12.7 Å². The first-order chi connectivity index (χ1) is 9.78. The zero-order chi connectivity index (χ0) is 13.9. The average molecular weight is 273 g/mol. The van der Waals surface area contributed by atoms with E-state index in [1.165, 1.54) is 37.7 Å². The molecule has 4 nitrogen and oxygen atoms in total. The lowest BCUT2D eigenvalue weighted by atomic mass is 9.89. The molecule has 0 aliphatic heterocycles. The van der Waals surface area contributed by atoms with Gasteiger partial charge in [-0.2, -0.15) is 4.98 Å². The molecular weight excluding hydrogens is 250 g/mol. The Morgan fingerprint density at radius 2 is 2.10 bits per heavy atom. The molecule has 0 atom stereocenters. The van der Waals surface area contributed by atoms with Crippen LogP contribution in [0.5, 0.6) is 6.01 Å². The molecule has 0 radical (unpaired) electrons. The van der Waals surface area contributed by atoms with Crippen molar-refractivity contribution >= 4 is 11.2 Å². The SMILES string of the molecule is CCOc1nc2ncc(C)cc2n1CC1CCCCC1. The molecular formula is C16H23N3O. The van der Waals surface area contributed by atoms with E-state index >= 15 is 0 Å². The molecule has 1 fully saturated rings. The second-order valence-electron chi connectivity index (χ2n) is 5.80. The number of rotatable bonds is 4. The first-order valence-electron chi connectivity index (χ1n) is 7.73. The predicted octanol–water partition coefficient (Wildman–Crippen LogP) is 3.72. The molecule has 0 spiro atoms. The Labute approximate surface area is 120 Å². The minimum atomic E-state index is 0.646. The number of imidazole rings is 1. The molecule has 2 heterocycles. The molecule has 0 saturated heterocycles. The summed E-state index contributed by atoms with van der Waals surface area (Å²) in [6.45, 7) is 5.73. The Morgan fingerprint density at radius 3 is 2.85 bits per heavy atom. The van der Waals surface area contributed by atoms with Crippen LogP contribution >= 0.6 is 0 Å². The number of hydrogen-bond donors (Lipinski definition) is 0. The molecule has 1 aliphatic rings. The number of hydrogen-bond acceptors (Lipinski definition) is 3. The topological polar surface area (TPSA) is 39.9 Å². The summed E-state index contributed by atoms with van der Waals surface area (Å²) >= 11 is 0. The highest BCUT2D eigenvalue weighted by Gasteiger charge is 2.19. The Kier molecular flexibility index (Phi) is 3.90. The van der Waals surface area contributed by atoms with Crippen LogP contribution in [-0.2, 0) is 6.54 Å². The summed E-state index contributed by atoms with van der Waals surface area (Å²) in [6, 6.07) is 2.90. The highest BCUT2D eigenvalue weighted by Crippen LogP contribution is 2.29. The first kappa shape index (κ1) is 13.4. The van der Waals surface area contributed by atoms with Crippen molar-refractivity contribution in [1.29, 1.82) is 0 Å². The molecule has 1 aliphatic carbocycles. The van der Waals surface area contributed by atoms with Crippen LogP contribution in [0.2, 0.25) is 0 Å². The van der Waals surface area contributed by atoms with Crippen molar-refractivity contribution in [2.75, 3.05) is 6.61 Å². The van der Waals surface area contributed by atoms with Crippen LogP contribution in [0.15, 0.2) is 12.3 Å². The molecule has 0 bridgehead atoms. The fourth-order valence-electron chi connectivity index (χ4n) is 3.13. The Balaban J connectivity index is 1.96. The maximum Gasteiger partial charge on any atom is 0.298 e. The molecule has 4 heteroatoms. The van der Waals surface area contributed by atoms with Crippen LogP contribution in [0.4, 0.5) is 0 Å². The number of aromatic nitrogens is 3. The number of ether oxygens (including phenoxy) is 1. The normalized spacial score (nSPS) is 16.7. The molecule has 0 aromatic carbocycles. The van der Waals surface area contributed by atoms with Crippen LogP contribution < -0.4 is 4.74 Å². The van der Waals surface area contributed by atoms with Gasteiger partial charge in [-0.1, -0.05) is 19.3 Å². The molecule has 0 N–H and O–H groups in total. The zero-order valence-corrected chi connectivity index (χ0v) is 12.4. The minimum absolute atomic E-state index is 0.646. The summed E-state index contributed by atoms with van der Waals surface area (Å²) in [6.07, 6.45) is 8.63. The van der Waals surface area contributed by atoms with Crippen LogP contribution in [0.3, 0.4) is 0 Å². The van der Waals surface area contributed by atoms with E-state index in [1.807, 2.05) is 13.1 Å². The van der Waals surface area contributed by atoms with Crippen molar-refractivity contribution in [2.45, 2.75) is 52.5 Å². The van der Waals surface area contributed by atoms with Gasteiger partial charge >= 0.3 is 0 Å². The third-order valence-corrected chi connectivity index (χ3v) is 4.15. The summed E-state index contributed by atoms with van der Waals surface area (Å²) in [5.74, 6) is 0.751. The van der Waals surface area contributed by atoms with Gasteiger partial charge in [0.2, 0.25) is 0 Å². The fourth-order valence-corrected chi connectivity index (χ4v) is 3.13. The van der Waals surface area contributed by atoms with Gasteiger partial charge in [0.15, 0.2) is 5.65 Å². The van der Waals surface area contributed by atoms with Gasteiger partial charge in [-0.15, -0.1) is 0 Å². The number of nitrogens with zero attached hydrogens (tertiary/aromatic N) is 3. The molecule has 2 aromatic rings. The minimum Gasteiger partial charge on any atom is -0.465 e. The van der Waals surface area contributed by atoms with E-state index in [0.29, 0.717) is 6.61 Å². The van der Waals surface area contributed by atoms with Crippen molar-refractivity contribution in [1.82, 2.24) is 14.5 Å². The second kappa shape index (κ2) is 5.81. The van der Waals surface area contributed by atoms with Crippen LogP contribution in [0.25, 0.3) is 11.2 Å². The van der Waals surface area contributed by atoms with E-state index in [-0.39, 0.29) is 0 Å². The fraction of sp³-hybridized carbons (Fsp3) is 0.625. The van der Waals surface area contributed by atoms with Crippen LogP contribution in [-0.4, -0.2) is 21.1 Å². The zero-order valence-electron chi connectivity index (χ0n) is 12.4. The van der Waals surface area contributed by atoms with Gasteiger partial charge in [0.05, 0.1) is 12.1 Å². The van der Waals surface area contributed by atoms with E-state index in [2.05, 4.69) is 27.5 Å². The summed E-state index contributed by atoms with van der Waals surface area (Å²) < 4.78 is 7.95. The maximum absolute atomic E-state index is 5.72. The largest absolute Gasteiger partial charge is 0.465 e. The lowest BCUT2D eigenvalue weighted by Crippen LogP contribution is -2.15. The summed E-state index contributed by atoms with van der Waals surface area (Å²) in [7, 11) is 0. The smallest absolute Gasteiger partial charge is 0.298 e. The Hall–Kier alpha value is -1.58. The van der Waals surface area contributed by atoms with Crippen molar-refractivity contribution in [3.8, 4) is 6.01 Å². The maximum atomic E-state index is 5.72. The molecule has 3 rings (SSSR count). The van der Waals surface area contributed by atoms with Crippen molar-refractivity contribution in [3.05, 3.63) is 17.8 Å². The lowest BCUT2D eigenvalue weighted by Gasteiger charge is -2.22. The van der Waals surface area contributed by atoms with Gasteiger partial charge in [0.1, 0.15) is 0 Å². The predicted molar refractivity (Wildman–Crippen MR) is 80.0 cm³/mol. The molecule has 2 aromatic heterocycles. The Morgan fingerprint density at radius 1 is 1.30 bits per heavy atom. The van der Waals surface area contributed by atoms with Crippen LogP contribution in [0, 0.1) is 12.8 Å². The summed E-state index contributed by atoms with van der Waals surface area (Å²) in [4.78, 5) is 8.96. The van der Waals surface area contributed by atoms with Gasteiger partial charge < -0.3 is 4.74 Å². The summed E-state index contributed by atoms with van der Waals surface area (Å²) in [5, 5.41) is 0. The van der Waals surface area contributed by atoms with Gasteiger partial charge in [-0.25, -0.2) is 4.98 Å². The Bertz CT molecular complexity index is 585. The monoisotopic (exact) mass is 273 g/mol.